The van der Waals surface area contributed by atoms with Gasteiger partial charge in [0.1, 0.15) is 4.99 Å². The Hall–Kier alpha value is -1.46. The number of amides is 1. The number of aryl methyl sites for hydroxylation is 1. The normalized spacial score (nSPS) is 10.5. The van der Waals surface area contributed by atoms with Gasteiger partial charge in [-0.2, -0.15) is 0 Å². The average Bonchev–Trinajstić information content (AvgIpc) is 2.19. The van der Waals surface area contributed by atoms with Crippen LogP contribution >= 0.6 is 12.2 Å². The number of thiocarbonyl (C=S) groups is 1. The molecule has 0 aliphatic rings. The largest absolute Gasteiger partial charge is 0.389 e. The van der Waals surface area contributed by atoms with Gasteiger partial charge in [-0.25, -0.2) is 0 Å². The maximum atomic E-state index is 10.8. The van der Waals surface area contributed by atoms with Crippen LogP contribution in [0.3, 0.4) is 0 Å². The molecule has 0 bridgehead atoms. The Bertz CT molecular complexity index is 445. The van der Waals surface area contributed by atoms with Gasteiger partial charge < -0.3 is 11.5 Å². The van der Waals surface area contributed by atoms with Crippen molar-refractivity contribution in [3.05, 3.63) is 34.9 Å². The lowest BCUT2D eigenvalue weighted by molar-refractivity contribution is -0.118. The van der Waals surface area contributed by atoms with Crippen LogP contribution < -0.4 is 11.5 Å². The number of rotatable bonds is 5. The molecular formula is C12H17N3OS. The summed E-state index contributed by atoms with van der Waals surface area (Å²) in [5.74, 6) is -0.329. The lowest BCUT2D eigenvalue weighted by atomic mass is 10.0. The molecule has 0 radical (unpaired) electrons. The van der Waals surface area contributed by atoms with E-state index in [1.807, 2.05) is 37.1 Å². The third kappa shape index (κ3) is 4.13. The van der Waals surface area contributed by atoms with Crippen molar-refractivity contribution in [2.24, 2.45) is 11.5 Å². The van der Waals surface area contributed by atoms with E-state index in [4.69, 9.17) is 23.7 Å². The Kier molecular flexibility index (Phi) is 4.60. The number of nitrogens with two attached hydrogens (primary N) is 2. The number of likely N-dealkylation sites (N-methyl/N-ethyl adjacent to an activating group) is 1. The Labute approximate surface area is 107 Å². The summed E-state index contributed by atoms with van der Waals surface area (Å²) >= 11 is 4.92. The molecule has 1 aromatic rings. The highest BCUT2D eigenvalue weighted by Gasteiger charge is 2.07. The third-order valence-electron chi connectivity index (χ3n) is 2.49. The van der Waals surface area contributed by atoms with Crippen molar-refractivity contribution in [3.8, 4) is 0 Å². The first-order valence-corrected chi connectivity index (χ1v) is 5.67. The van der Waals surface area contributed by atoms with E-state index in [9.17, 15) is 4.79 Å². The highest BCUT2D eigenvalue weighted by Crippen LogP contribution is 2.13. The number of carbonyl (C=O) groups excluding carboxylic acids is 1. The smallest absolute Gasteiger partial charge is 0.231 e. The molecule has 0 heterocycles. The minimum atomic E-state index is -0.329. The van der Waals surface area contributed by atoms with Crippen LogP contribution in [0.2, 0.25) is 0 Å². The van der Waals surface area contributed by atoms with Crippen LogP contribution in [0.25, 0.3) is 0 Å². The Morgan fingerprint density at radius 2 is 2.06 bits per heavy atom. The molecule has 0 atom stereocenters. The van der Waals surface area contributed by atoms with E-state index in [1.165, 1.54) is 0 Å². The Morgan fingerprint density at radius 1 is 1.41 bits per heavy atom. The van der Waals surface area contributed by atoms with Gasteiger partial charge in [0, 0.05) is 12.1 Å². The van der Waals surface area contributed by atoms with Crippen molar-refractivity contribution < 1.29 is 4.79 Å². The highest BCUT2D eigenvalue weighted by molar-refractivity contribution is 7.80. The second kappa shape index (κ2) is 5.75. The molecule has 1 aromatic carbocycles. The van der Waals surface area contributed by atoms with Crippen LogP contribution in [0.1, 0.15) is 16.7 Å². The van der Waals surface area contributed by atoms with Gasteiger partial charge in [0.05, 0.1) is 6.54 Å². The summed E-state index contributed by atoms with van der Waals surface area (Å²) in [5.41, 5.74) is 13.8. The van der Waals surface area contributed by atoms with Crippen LogP contribution in [0.5, 0.6) is 0 Å². The summed E-state index contributed by atoms with van der Waals surface area (Å²) in [6.07, 6.45) is 0. The van der Waals surface area contributed by atoms with Gasteiger partial charge in [0.25, 0.3) is 0 Å². The molecule has 92 valence electrons. The Morgan fingerprint density at radius 3 is 2.53 bits per heavy atom. The first-order valence-electron chi connectivity index (χ1n) is 5.26. The molecule has 0 fully saturated rings. The summed E-state index contributed by atoms with van der Waals surface area (Å²) in [5, 5.41) is 0. The molecule has 0 aliphatic heterocycles. The summed E-state index contributed by atoms with van der Waals surface area (Å²) < 4.78 is 0. The molecule has 4 nitrogen and oxygen atoms in total. The lowest BCUT2D eigenvalue weighted by Gasteiger charge is -2.16. The van der Waals surface area contributed by atoms with Crippen LogP contribution in [-0.2, 0) is 11.3 Å². The van der Waals surface area contributed by atoms with Gasteiger partial charge in [0.15, 0.2) is 0 Å². The molecule has 1 amide bonds. The van der Waals surface area contributed by atoms with E-state index in [1.54, 1.807) is 0 Å². The van der Waals surface area contributed by atoms with E-state index >= 15 is 0 Å². The summed E-state index contributed by atoms with van der Waals surface area (Å²) in [6, 6.07) is 5.82. The first-order chi connectivity index (χ1) is 7.90. The molecule has 0 unspecified atom stereocenters. The number of nitrogens with zero attached hydrogens (tertiary/aromatic N) is 1. The average molecular weight is 251 g/mol. The minimum Gasteiger partial charge on any atom is -0.389 e. The number of primary amides is 1. The van der Waals surface area contributed by atoms with E-state index in [0.717, 1.165) is 16.7 Å². The first kappa shape index (κ1) is 13.6. The molecule has 4 N–H and O–H groups in total. The van der Waals surface area contributed by atoms with Crippen molar-refractivity contribution in [2.45, 2.75) is 13.5 Å². The van der Waals surface area contributed by atoms with Gasteiger partial charge in [-0.3, -0.25) is 9.69 Å². The van der Waals surface area contributed by atoms with Gasteiger partial charge in [0.2, 0.25) is 5.91 Å². The molecule has 1 rings (SSSR count). The molecule has 5 heteroatoms. The van der Waals surface area contributed by atoms with E-state index in [2.05, 4.69) is 0 Å². The fourth-order valence-corrected chi connectivity index (χ4v) is 1.77. The zero-order chi connectivity index (χ0) is 13.0. The van der Waals surface area contributed by atoms with Gasteiger partial charge in [-0.05, 0) is 31.2 Å². The maximum absolute atomic E-state index is 10.8. The van der Waals surface area contributed by atoms with Crippen molar-refractivity contribution >= 4 is 23.1 Å². The van der Waals surface area contributed by atoms with Crippen molar-refractivity contribution in [3.63, 3.8) is 0 Å². The lowest BCUT2D eigenvalue weighted by Crippen LogP contribution is -2.30. The zero-order valence-corrected chi connectivity index (χ0v) is 10.9. The van der Waals surface area contributed by atoms with Crippen LogP contribution in [0.15, 0.2) is 18.2 Å². The van der Waals surface area contributed by atoms with E-state index in [-0.39, 0.29) is 12.5 Å². The summed E-state index contributed by atoms with van der Waals surface area (Å²) in [6.45, 7) is 2.91. The summed E-state index contributed by atoms with van der Waals surface area (Å²) in [7, 11) is 1.85. The van der Waals surface area contributed by atoms with Crippen LogP contribution in [-0.4, -0.2) is 29.4 Å². The van der Waals surface area contributed by atoms with Crippen LogP contribution in [0.4, 0.5) is 0 Å². The Balaban J connectivity index is 2.79. The van der Waals surface area contributed by atoms with Gasteiger partial charge in [-0.15, -0.1) is 0 Å². The van der Waals surface area contributed by atoms with E-state index < -0.39 is 0 Å². The fourth-order valence-electron chi connectivity index (χ4n) is 1.64. The molecule has 0 saturated carbocycles. The topological polar surface area (TPSA) is 72.3 Å². The van der Waals surface area contributed by atoms with Crippen LogP contribution in [0, 0.1) is 6.92 Å². The second-order valence-electron chi connectivity index (χ2n) is 4.14. The SMILES string of the molecule is Cc1cc(C(N)=S)ccc1CN(C)CC(N)=O. The van der Waals surface area contributed by atoms with Crippen molar-refractivity contribution in [2.75, 3.05) is 13.6 Å². The number of carbonyl (C=O) groups is 1. The predicted molar refractivity (Wildman–Crippen MR) is 72.6 cm³/mol. The molecular weight excluding hydrogens is 234 g/mol. The fraction of sp³-hybridized carbons (Fsp3) is 0.333. The number of hydrogen-bond donors (Lipinski definition) is 2. The van der Waals surface area contributed by atoms with Gasteiger partial charge in [-0.1, -0.05) is 24.4 Å². The monoisotopic (exact) mass is 251 g/mol. The predicted octanol–water partition coefficient (Wildman–Crippen LogP) is 0.546. The van der Waals surface area contributed by atoms with E-state index in [0.29, 0.717) is 11.5 Å². The minimum absolute atomic E-state index is 0.247. The molecule has 0 aliphatic carbocycles. The maximum Gasteiger partial charge on any atom is 0.231 e. The molecule has 0 saturated heterocycles. The standard InChI is InChI=1S/C12H17N3OS/c1-8-5-9(12(14)17)3-4-10(8)6-15(2)7-11(13)16/h3-5H,6-7H2,1-2H3,(H2,13,16)(H2,14,17). The van der Waals surface area contributed by atoms with Gasteiger partial charge >= 0.3 is 0 Å². The quantitative estimate of drug-likeness (QED) is 0.750. The third-order valence-corrected chi connectivity index (χ3v) is 2.73. The highest BCUT2D eigenvalue weighted by atomic mass is 32.1. The second-order valence-corrected chi connectivity index (χ2v) is 4.58. The zero-order valence-electron chi connectivity index (χ0n) is 10.1. The number of hydrogen-bond acceptors (Lipinski definition) is 3. The van der Waals surface area contributed by atoms with Crippen molar-refractivity contribution in [1.29, 1.82) is 0 Å². The molecule has 17 heavy (non-hydrogen) atoms. The van der Waals surface area contributed by atoms with Crippen molar-refractivity contribution in [1.82, 2.24) is 4.90 Å². The molecule has 0 aromatic heterocycles. The molecule has 0 spiro atoms. The summed E-state index contributed by atoms with van der Waals surface area (Å²) in [4.78, 5) is 13.0. The number of benzene rings is 1.